The molecule has 0 fully saturated rings. The van der Waals surface area contributed by atoms with Crippen molar-refractivity contribution in [1.29, 1.82) is 0 Å². The predicted octanol–water partition coefficient (Wildman–Crippen LogP) is 4.03. The maximum Gasteiger partial charge on any atom is 0.223 e. The summed E-state index contributed by atoms with van der Waals surface area (Å²) in [7, 11) is 1.67. The van der Waals surface area contributed by atoms with Crippen LogP contribution in [0, 0.1) is 0 Å². The molecule has 0 radical (unpaired) electrons. The van der Waals surface area contributed by atoms with Gasteiger partial charge in [-0.2, -0.15) is 9.67 Å². The van der Waals surface area contributed by atoms with Gasteiger partial charge in [0.25, 0.3) is 0 Å². The monoisotopic (exact) mass is 422 g/mol. The molecular formula is C26H24N5O+. The Bertz CT molecular complexity index is 1300. The summed E-state index contributed by atoms with van der Waals surface area (Å²) >= 11 is 0. The number of anilines is 1. The third-order valence-electron chi connectivity index (χ3n) is 5.62. The van der Waals surface area contributed by atoms with E-state index < -0.39 is 0 Å². The number of pyridine rings is 1. The highest BCUT2D eigenvalue weighted by Crippen LogP contribution is 2.27. The van der Waals surface area contributed by atoms with Crippen molar-refractivity contribution >= 4 is 23.4 Å². The number of nitrogens with two attached hydrogens (primary N) is 1. The third-order valence-corrected chi connectivity index (χ3v) is 5.62. The summed E-state index contributed by atoms with van der Waals surface area (Å²) in [4.78, 5) is 4.71. The smallest absolute Gasteiger partial charge is 0.223 e. The number of rotatable bonds is 6. The highest BCUT2D eigenvalue weighted by Gasteiger charge is 2.30. The first-order chi connectivity index (χ1) is 15.7. The summed E-state index contributed by atoms with van der Waals surface area (Å²) in [6.45, 7) is 0.614. The van der Waals surface area contributed by atoms with E-state index in [1.165, 1.54) is 5.69 Å². The van der Waals surface area contributed by atoms with Gasteiger partial charge in [0.15, 0.2) is 11.9 Å². The highest BCUT2D eigenvalue weighted by molar-refractivity contribution is 5.92. The van der Waals surface area contributed by atoms with E-state index in [1.54, 1.807) is 18.0 Å². The number of nitrogens with zero attached hydrogens (tertiary/aromatic N) is 4. The maximum atomic E-state index is 6.35. The highest BCUT2D eigenvalue weighted by atomic mass is 16.5. The number of methoxy groups -OCH3 is 1. The average molecular weight is 423 g/mol. The molecule has 0 spiro atoms. The van der Waals surface area contributed by atoms with E-state index >= 15 is 0 Å². The molecule has 158 valence electrons. The molecule has 4 aromatic rings. The van der Waals surface area contributed by atoms with Crippen molar-refractivity contribution in [2.45, 2.75) is 13.0 Å². The number of allylic oxidation sites excluding steroid dienone is 1. The standard InChI is InChI=1S/C26H24N5O/c1-32-23-12-10-20(11-13-23)25-21(15-22-9-5-6-14-30(22)25)16-28-24-17-29-31(26(24)27)18-19-7-3-2-4-8-19/h2-14,16-17H,15,18,27H2,1H3/q+1. The maximum absolute atomic E-state index is 6.35. The third kappa shape index (κ3) is 3.78. The Labute approximate surface area is 186 Å². The topological polar surface area (TPSA) is 69.3 Å². The fourth-order valence-corrected chi connectivity index (χ4v) is 3.97. The molecule has 32 heavy (non-hydrogen) atoms. The van der Waals surface area contributed by atoms with E-state index in [0.29, 0.717) is 18.1 Å². The van der Waals surface area contributed by atoms with Gasteiger partial charge >= 0.3 is 0 Å². The summed E-state index contributed by atoms with van der Waals surface area (Å²) in [6, 6.07) is 24.5. The molecule has 0 atom stereocenters. The fourth-order valence-electron chi connectivity index (χ4n) is 3.97. The normalized spacial score (nSPS) is 13.0. The van der Waals surface area contributed by atoms with E-state index in [-0.39, 0.29) is 0 Å². The number of hydrogen-bond donors (Lipinski definition) is 1. The molecule has 0 amide bonds. The van der Waals surface area contributed by atoms with Crippen molar-refractivity contribution in [3.8, 4) is 5.75 Å². The predicted molar refractivity (Wildman–Crippen MR) is 126 cm³/mol. The van der Waals surface area contributed by atoms with Gasteiger partial charge in [0.05, 0.1) is 31.8 Å². The van der Waals surface area contributed by atoms with E-state index in [2.05, 4.69) is 52.3 Å². The average Bonchev–Trinajstić information content (AvgIpc) is 3.38. The number of benzene rings is 2. The van der Waals surface area contributed by atoms with Gasteiger partial charge in [0.2, 0.25) is 5.70 Å². The Kier molecular flexibility index (Phi) is 5.25. The zero-order valence-electron chi connectivity index (χ0n) is 17.8. The van der Waals surface area contributed by atoms with E-state index in [1.807, 2.05) is 42.6 Å². The molecule has 0 saturated carbocycles. The second kappa shape index (κ2) is 8.51. The summed E-state index contributed by atoms with van der Waals surface area (Å²) in [6.07, 6.45) is 6.51. The van der Waals surface area contributed by atoms with E-state index in [4.69, 9.17) is 15.5 Å². The van der Waals surface area contributed by atoms with E-state index in [0.717, 1.165) is 34.6 Å². The molecule has 2 aromatic carbocycles. The zero-order valence-corrected chi connectivity index (χ0v) is 17.8. The molecule has 6 heteroatoms. The van der Waals surface area contributed by atoms with Crippen LogP contribution in [0.4, 0.5) is 11.5 Å². The molecule has 1 aliphatic rings. The lowest BCUT2D eigenvalue weighted by Gasteiger charge is -2.04. The van der Waals surface area contributed by atoms with Gasteiger partial charge in [0, 0.05) is 23.9 Å². The van der Waals surface area contributed by atoms with Gasteiger partial charge in [0.1, 0.15) is 17.3 Å². The van der Waals surface area contributed by atoms with Crippen LogP contribution in [0.5, 0.6) is 5.75 Å². The zero-order chi connectivity index (χ0) is 21.9. The lowest BCUT2D eigenvalue weighted by molar-refractivity contribution is -0.582. The Morgan fingerprint density at radius 1 is 1.06 bits per heavy atom. The van der Waals surface area contributed by atoms with Crippen LogP contribution in [-0.2, 0) is 13.0 Å². The minimum atomic E-state index is 0.555. The molecule has 6 nitrogen and oxygen atoms in total. The van der Waals surface area contributed by atoms with Gasteiger partial charge < -0.3 is 10.5 Å². The minimum Gasteiger partial charge on any atom is -0.497 e. The van der Waals surface area contributed by atoms with Crippen LogP contribution >= 0.6 is 0 Å². The lowest BCUT2D eigenvalue weighted by atomic mass is 10.1. The molecule has 5 rings (SSSR count). The van der Waals surface area contributed by atoms with Crippen molar-refractivity contribution in [1.82, 2.24) is 9.78 Å². The number of nitrogen functional groups attached to an aromatic ring is 1. The molecular weight excluding hydrogens is 398 g/mol. The van der Waals surface area contributed by atoms with Crippen molar-refractivity contribution in [3.05, 3.63) is 108 Å². The van der Waals surface area contributed by atoms with Gasteiger partial charge in [-0.15, -0.1) is 0 Å². The van der Waals surface area contributed by atoms with Crippen LogP contribution in [0.1, 0.15) is 16.8 Å². The second-order valence-electron chi connectivity index (χ2n) is 7.66. The Hall–Kier alpha value is -4.19. The first kappa shape index (κ1) is 19.8. The van der Waals surface area contributed by atoms with Gasteiger partial charge in [-0.05, 0) is 29.8 Å². The van der Waals surface area contributed by atoms with Crippen molar-refractivity contribution in [2.75, 3.05) is 12.8 Å². The Morgan fingerprint density at radius 3 is 2.62 bits per heavy atom. The quantitative estimate of drug-likeness (QED) is 0.377. The summed E-state index contributed by atoms with van der Waals surface area (Å²) in [5.41, 5.74) is 12.7. The second-order valence-corrected chi connectivity index (χ2v) is 7.66. The largest absolute Gasteiger partial charge is 0.497 e. The molecule has 0 unspecified atom stereocenters. The van der Waals surface area contributed by atoms with Crippen molar-refractivity contribution in [2.24, 2.45) is 4.99 Å². The number of aromatic nitrogens is 3. The van der Waals surface area contributed by atoms with Crippen LogP contribution < -0.4 is 15.0 Å². The van der Waals surface area contributed by atoms with Crippen LogP contribution in [-0.4, -0.2) is 23.1 Å². The van der Waals surface area contributed by atoms with Crippen LogP contribution in [0.3, 0.4) is 0 Å². The number of aliphatic imine (C=N–C) groups is 1. The number of hydrogen-bond acceptors (Lipinski definition) is 4. The Morgan fingerprint density at radius 2 is 1.84 bits per heavy atom. The van der Waals surface area contributed by atoms with Crippen LogP contribution in [0.15, 0.2) is 95.8 Å². The van der Waals surface area contributed by atoms with Crippen molar-refractivity contribution < 1.29 is 9.30 Å². The summed E-state index contributed by atoms with van der Waals surface area (Å²) in [5.74, 6) is 1.39. The van der Waals surface area contributed by atoms with Gasteiger partial charge in [-0.3, -0.25) is 4.99 Å². The Balaban J connectivity index is 1.47. The van der Waals surface area contributed by atoms with Crippen LogP contribution in [0.25, 0.3) is 5.70 Å². The molecule has 0 saturated heterocycles. The minimum absolute atomic E-state index is 0.555. The lowest BCUT2D eigenvalue weighted by Crippen LogP contribution is -2.33. The molecule has 0 bridgehead atoms. The van der Waals surface area contributed by atoms with Gasteiger partial charge in [-0.25, -0.2) is 4.68 Å². The first-order valence-electron chi connectivity index (χ1n) is 10.5. The molecule has 3 heterocycles. The van der Waals surface area contributed by atoms with E-state index in [9.17, 15) is 0 Å². The molecule has 1 aliphatic heterocycles. The SMILES string of the molecule is COc1ccc(C2=C(C=Nc3cnn(Cc4ccccc4)c3N)Cc3cccc[n+]32)cc1. The first-order valence-corrected chi connectivity index (χ1v) is 10.5. The summed E-state index contributed by atoms with van der Waals surface area (Å²) < 4.78 is 9.31. The summed E-state index contributed by atoms with van der Waals surface area (Å²) in [5, 5.41) is 4.43. The molecule has 2 aromatic heterocycles. The molecule has 0 aliphatic carbocycles. The fraction of sp³-hybridized carbons (Fsp3) is 0.115. The van der Waals surface area contributed by atoms with Crippen LogP contribution in [0.2, 0.25) is 0 Å². The van der Waals surface area contributed by atoms with Crippen molar-refractivity contribution in [3.63, 3.8) is 0 Å². The number of fused-ring (bicyclic) bond motifs is 1. The molecule has 2 N–H and O–H groups in total. The van der Waals surface area contributed by atoms with Gasteiger partial charge in [-0.1, -0.05) is 36.4 Å². The number of ether oxygens (including phenoxy) is 1.